The van der Waals surface area contributed by atoms with Crippen molar-refractivity contribution in [3.8, 4) is 0 Å². The zero-order chi connectivity index (χ0) is 21.2. The molecule has 1 aromatic heterocycles. The van der Waals surface area contributed by atoms with E-state index < -0.39 is 36.2 Å². The normalized spacial score (nSPS) is 13.0. The standard InChI is InChI=1S/C19H16F3NO5S/c1-27-18(26)15-12-6-3-7-13(12)29-16(15)23-14(24)9-28-17(25)10-4-2-5-11(8-10)19(20,21)22/h2,4-5,8H,3,6-7,9H2,1H3,(H,23,24). The molecule has 10 heteroatoms. The molecule has 1 aliphatic rings. The number of nitrogens with one attached hydrogen (secondary N) is 1. The Morgan fingerprint density at radius 3 is 2.62 bits per heavy atom. The highest BCUT2D eigenvalue weighted by atomic mass is 32.1. The molecule has 2 aromatic rings. The van der Waals surface area contributed by atoms with E-state index in [1.54, 1.807) is 0 Å². The summed E-state index contributed by atoms with van der Waals surface area (Å²) in [6, 6.07) is 3.72. The zero-order valence-corrected chi connectivity index (χ0v) is 16.0. The van der Waals surface area contributed by atoms with Crippen molar-refractivity contribution in [3.05, 3.63) is 51.4 Å². The van der Waals surface area contributed by atoms with Gasteiger partial charge in [0.15, 0.2) is 6.61 Å². The highest BCUT2D eigenvalue weighted by Crippen LogP contribution is 2.39. The van der Waals surface area contributed by atoms with E-state index in [1.165, 1.54) is 18.4 Å². The molecule has 1 aromatic carbocycles. The van der Waals surface area contributed by atoms with E-state index in [1.807, 2.05) is 0 Å². The van der Waals surface area contributed by atoms with Crippen LogP contribution in [-0.2, 0) is 33.3 Å². The van der Waals surface area contributed by atoms with Crippen LogP contribution in [0.3, 0.4) is 0 Å². The molecule has 154 valence electrons. The quantitative estimate of drug-likeness (QED) is 0.734. The van der Waals surface area contributed by atoms with Gasteiger partial charge < -0.3 is 14.8 Å². The first-order valence-corrected chi connectivity index (χ1v) is 9.39. The Kier molecular flexibility index (Phi) is 5.92. The topological polar surface area (TPSA) is 81.7 Å². The van der Waals surface area contributed by atoms with E-state index >= 15 is 0 Å². The summed E-state index contributed by atoms with van der Waals surface area (Å²) in [4.78, 5) is 37.2. The Labute approximate surface area is 167 Å². The number of anilines is 1. The molecule has 29 heavy (non-hydrogen) atoms. The largest absolute Gasteiger partial charge is 0.465 e. The molecule has 0 unspecified atom stereocenters. The van der Waals surface area contributed by atoms with Crippen LogP contribution < -0.4 is 5.32 Å². The maximum Gasteiger partial charge on any atom is 0.416 e. The Morgan fingerprint density at radius 1 is 1.17 bits per heavy atom. The van der Waals surface area contributed by atoms with Crippen molar-refractivity contribution < 1.29 is 37.0 Å². The summed E-state index contributed by atoms with van der Waals surface area (Å²) in [5, 5.41) is 2.83. The fourth-order valence-electron chi connectivity index (χ4n) is 3.01. The van der Waals surface area contributed by atoms with Crippen LogP contribution in [0.25, 0.3) is 0 Å². The number of amides is 1. The third-order valence-corrected chi connectivity index (χ3v) is 5.53. The molecule has 0 saturated heterocycles. The molecule has 0 fully saturated rings. The number of aryl methyl sites for hydroxylation is 1. The van der Waals surface area contributed by atoms with Gasteiger partial charge in [-0.2, -0.15) is 13.2 Å². The Bertz CT molecular complexity index is 967. The average Bonchev–Trinajstić information content (AvgIpc) is 3.25. The number of ether oxygens (including phenoxy) is 2. The van der Waals surface area contributed by atoms with Crippen LogP contribution in [0.2, 0.25) is 0 Å². The third-order valence-electron chi connectivity index (χ3n) is 4.32. The summed E-state index contributed by atoms with van der Waals surface area (Å²) in [5.74, 6) is -2.34. The molecule has 0 radical (unpaired) electrons. The minimum Gasteiger partial charge on any atom is -0.465 e. The molecular formula is C19H16F3NO5S. The van der Waals surface area contributed by atoms with Gasteiger partial charge in [0.05, 0.1) is 23.8 Å². The predicted molar refractivity (Wildman–Crippen MR) is 98.0 cm³/mol. The molecular weight excluding hydrogens is 411 g/mol. The fourth-order valence-corrected chi connectivity index (χ4v) is 4.30. The van der Waals surface area contributed by atoms with Crippen molar-refractivity contribution in [2.75, 3.05) is 19.0 Å². The van der Waals surface area contributed by atoms with E-state index in [9.17, 15) is 27.6 Å². The molecule has 1 aliphatic carbocycles. The van der Waals surface area contributed by atoms with E-state index in [4.69, 9.17) is 9.47 Å². The third kappa shape index (κ3) is 4.58. The second-order valence-electron chi connectivity index (χ2n) is 6.26. The van der Waals surface area contributed by atoms with Gasteiger partial charge in [-0.05, 0) is 43.0 Å². The Hall–Kier alpha value is -2.88. The summed E-state index contributed by atoms with van der Waals surface area (Å²) < 4.78 is 47.8. The maximum absolute atomic E-state index is 12.7. The molecule has 0 atom stereocenters. The van der Waals surface area contributed by atoms with Crippen molar-refractivity contribution in [3.63, 3.8) is 0 Å². The number of carbonyl (C=O) groups is 3. The highest BCUT2D eigenvalue weighted by Gasteiger charge is 2.31. The monoisotopic (exact) mass is 427 g/mol. The van der Waals surface area contributed by atoms with Gasteiger partial charge in [-0.15, -0.1) is 11.3 Å². The minimum absolute atomic E-state index is 0.294. The zero-order valence-electron chi connectivity index (χ0n) is 15.2. The molecule has 1 heterocycles. The SMILES string of the molecule is COC(=O)c1c(NC(=O)COC(=O)c2cccc(C(F)(F)F)c2)sc2c1CCC2. The van der Waals surface area contributed by atoms with E-state index in [-0.39, 0.29) is 5.56 Å². The number of halogens is 3. The summed E-state index contributed by atoms with van der Waals surface area (Å²) in [6.07, 6.45) is -2.19. The summed E-state index contributed by atoms with van der Waals surface area (Å²) >= 11 is 1.26. The van der Waals surface area contributed by atoms with Gasteiger partial charge in [0.1, 0.15) is 5.00 Å². The van der Waals surface area contributed by atoms with Gasteiger partial charge in [0.25, 0.3) is 5.91 Å². The molecule has 6 nitrogen and oxygen atoms in total. The van der Waals surface area contributed by atoms with Crippen molar-refractivity contribution in [2.24, 2.45) is 0 Å². The molecule has 0 aliphatic heterocycles. The second-order valence-corrected chi connectivity index (χ2v) is 7.36. The van der Waals surface area contributed by atoms with Crippen LogP contribution in [0.1, 0.15) is 43.1 Å². The summed E-state index contributed by atoms with van der Waals surface area (Å²) in [7, 11) is 1.24. The van der Waals surface area contributed by atoms with Crippen LogP contribution >= 0.6 is 11.3 Å². The molecule has 1 N–H and O–H groups in total. The lowest BCUT2D eigenvalue weighted by atomic mass is 10.1. The lowest BCUT2D eigenvalue weighted by Gasteiger charge is -2.09. The molecule has 0 spiro atoms. The van der Waals surface area contributed by atoms with Gasteiger partial charge in [0.2, 0.25) is 0 Å². The van der Waals surface area contributed by atoms with Gasteiger partial charge in [-0.3, -0.25) is 4.79 Å². The van der Waals surface area contributed by atoms with Crippen LogP contribution in [0.5, 0.6) is 0 Å². The predicted octanol–water partition coefficient (Wildman–Crippen LogP) is 3.84. The Balaban J connectivity index is 1.65. The van der Waals surface area contributed by atoms with Crippen molar-refractivity contribution in [2.45, 2.75) is 25.4 Å². The van der Waals surface area contributed by atoms with Gasteiger partial charge in [0, 0.05) is 4.88 Å². The molecule has 0 saturated carbocycles. The number of rotatable bonds is 5. The number of hydrogen-bond acceptors (Lipinski definition) is 6. The summed E-state index contributed by atoms with van der Waals surface area (Å²) in [6.45, 7) is -0.710. The maximum atomic E-state index is 12.7. The van der Waals surface area contributed by atoms with Crippen LogP contribution in [0, 0.1) is 0 Å². The number of benzene rings is 1. The van der Waals surface area contributed by atoms with Crippen molar-refractivity contribution in [1.29, 1.82) is 0 Å². The molecule has 3 rings (SSSR count). The highest BCUT2D eigenvalue weighted by molar-refractivity contribution is 7.17. The van der Waals surface area contributed by atoms with Gasteiger partial charge in [-0.1, -0.05) is 6.07 Å². The number of methoxy groups -OCH3 is 1. The molecule has 1 amide bonds. The lowest BCUT2D eigenvalue weighted by Crippen LogP contribution is -2.22. The first-order valence-electron chi connectivity index (χ1n) is 8.57. The Morgan fingerprint density at radius 2 is 1.93 bits per heavy atom. The van der Waals surface area contributed by atoms with E-state index in [2.05, 4.69) is 5.32 Å². The van der Waals surface area contributed by atoms with Crippen LogP contribution in [-0.4, -0.2) is 31.6 Å². The first kappa shape index (κ1) is 20.8. The average molecular weight is 427 g/mol. The van der Waals surface area contributed by atoms with E-state index in [0.717, 1.165) is 41.5 Å². The van der Waals surface area contributed by atoms with Crippen LogP contribution in [0.4, 0.5) is 18.2 Å². The fraction of sp³-hybridized carbons (Fsp3) is 0.316. The lowest BCUT2D eigenvalue weighted by molar-refractivity contribution is -0.137. The second kappa shape index (κ2) is 8.24. The smallest absolute Gasteiger partial charge is 0.416 e. The van der Waals surface area contributed by atoms with Crippen molar-refractivity contribution >= 4 is 34.2 Å². The minimum atomic E-state index is -4.60. The van der Waals surface area contributed by atoms with E-state index in [0.29, 0.717) is 23.1 Å². The number of alkyl halides is 3. The first-order chi connectivity index (χ1) is 13.7. The number of hydrogen-bond donors (Lipinski definition) is 1. The van der Waals surface area contributed by atoms with Crippen LogP contribution in [0.15, 0.2) is 24.3 Å². The number of thiophene rings is 1. The number of fused-ring (bicyclic) bond motifs is 1. The summed E-state index contributed by atoms with van der Waals surface area (Å²) in [5.41, 5.74) is -0.175. The van der Waals surface area contributed by atoms with Gasteiger partial charge in [-0.25, -0.2) is 9.59 Å². The van der Waals surface area contributed by atoms with Crippen molar-refractivity contribution in [1.82, 2.24) is 0 Å². The molecule has 0 bridgehead atoms. The number of esters is 2. The number of carbonyl (C=O) groups excluding carboxylic acids is 3. The van der Waals surface area contributed by atoms with Gasteiger partial charge >= 0.3 is 18.1 Å².